The van der Waals surface area contributed by atoms with Crippen molar-refractivity contribution < 1.29 is 46.5 Å². The third-order valence-corrected chi connectivity index (χ3v) is 16.1. The van der Waals surface area contributed by atoms with Crippen LogP contribution in [0.3, 0.4) is 0 Å². The molecule has 1 unspecified atom stereocenters. The summed E-state index contributed by atoms with van der Waals surface area (Å²) in [6.07, 6.45) is 4.55. The molecule has 2 amide bonds. The van der Waals surface area contributed by atoms with Crippen LogP contribution in [0, 0.1) is 23.0 Å². The van der Waals surface area contributed by atoms with E-state index < -0.39 is 50.7 Å². The van der Waals surface area contributed by atoms with Gasteiger partial charge >= 0.3 is 10.2 Å². The lowest BCUT2D eigenvalue weighted by molar-refractivity contribution is -0.142. The number of nitrogens with one attached hydrogen (secondary N) is 2. The Kier molecular flexibility index (Phi) is 12.4. The molecule has 70 heavy (non-hydrogen) atoms. The highest BCUT2D eigenvalue weighted by atomic mass is 32.2. The lowest BCUT2D eigenvalue weighted by Gasteiger charge is -2.42. The second kappa shape index (κ2) is 18.4. The molecule has 0 aliphatic carbocycles. The molecular weight excluding hydrogens is 933 g/mol. The summed E-state index contributed by atoms with van der Waals surface area (Å²) in [5, 5.41) is 39.8. The molecule has 5 saturated heterocycles. The predicted octanol–water partition coefficient (Wildman–Crippen LogP) is 3.71. The minimum Gasteiger partial charge on any atom is -0.453 e. The third kappa shape index (κ3) is 8.98. The summed E-state index contributed by atoms with van der Waals surface area (Å²) in [6, 6.07) is 11.1. The zero-order chi connectivity index (χ0) is 49.1. The molecule has 2 aromatic heterocycles. The monoisotopic (exact) mass is 985 g/mol. The Morgan fingerprint density at radius 1 is 0.986 bits per heavy atom. The fourth-order valence-corrected chi connectivity index (χ4v) is 11.8. The number of ether oxygens (including phenoxy) is 2. The number of anilines is 3. The second-order valence-corrected chi connectivity index (χ2v) is 20.7. The Morgan fingerprint density at radius 3 is 2.47 bits per heavy atom. The molecule has 4 N–H and O–H groups in total. The summed E-state index contributed by atoms with van der Waals surface area (Å²) in [6.45, 7) is 2.49. The number of carbonyl (C=O) groups is 2. The number of halogens is 2. The van der Waals surface area contributed by atoms with Gasteiger partial charge in [0.1, 0.15) is 23.2 Å². The van der Waals surface area contributed by atoms with Crippen molar-refractivity contribution in [2.45, 2.75) is 87.8 Å². The first-order chi connectivity index (χ1) is 33.5. The van der Waals surface area contributed by atoms with Crippen LogP contribution in [0.25, 0.3) is 21.8 Å². The summed E-state index contributed by atoms with van der Waals surface area (Å²) in [5.41, 5.74) is -1.46. The molecule has 1 spiro atoms. The second-order valence-electron chi connectivity index (χ2n) is 19.0. The van der Waals surface area contributed by atoms with Gasteiger partial charge in [0, 0.05) is 64.7 Å². The van der Waals surface area contributed by atoms with Crippen molar-refractivity contribution >= 4 is 61.0 Å². The first kappa shape index (κ1) is 47.2. The van der Waals surface area contributed by atoms with Crippen molar-refractivity contribution in [3.8, 4) is 17.6 Å². The molecule has 5 aromatic rings. The van der Waals surface area contributed by atoms with Crippen molar-refractivity contribution in [2.24, 2.45) is 7.05 Å². The number of hydrogen-bond donors (Lipinski definition) is 4. The number of likely N-dealkylation sites (tertiary alicyclic amines) is 1. The summed E-state index contributed by atoms with van der Waals surface area (Å²) in [7, 11) is -2.30. The van der Waals surface area contributed by atoms with Crippen LogP contribution in [0.15, 0.2) is 53.6 Å². The van der Waals surface area contributed by atoms with Gasteiger partial charge in [-0.1, -0.05) is 6.42 Å². The highest BCUT2D eigenvalue weighted by Gasteiger charge is 2.45. The Bertz CT molecular complexity index is 3100. The molecule has 5 fully saturated rings. The molecule has 20 nitrogen and oxygen atoms in total. The molecule has 370 valence electrons. The maximum absolute atomic E-state index is 15.8. The Labute approximate surface area is 401 Å². The largest absolute Gasteiger partial charge is 0.453 e. The predicted molar refractivity (Wildman–Crippen MR) is 251 cm³/mol. The number of hydrogen-bond acceptors (Lipinski definition) is 14. The standard InChI is InChI=1S/C47H53F2N11O9S/c1-55-38-23-39(35(49)22-32(38)43(53-55)59-16-9-40(61)52-45(59)64)56-17-10-46(65,11-18-56)25-41(62)57-19-12-47(13-20-57)24-29(27-68-47)60-28-51-36-7-5-30(21-31(36)44(60)63)69-42-33(26-50)37(8-6-34(42)48)54-70(66,67)58-14-3-2-4-15-58/h5-8,21-23,28-29,45,54,64-65H,2-4,9-20,24-25,27H2,1H3,(H,52,61)/t29-,45?/m1/s1. The summed E-state index contributed by atoms with van der Waals surface area (Å²) in [5.74, 6) is -2.00. The lowest BCUT2D eigenvalue weighted by atomic mass is 9.85. The number of nitrogens with zero attached hydrogens (tertiary/aromatic N) is 9. The molecule has 23 heteroatoms. The van der Waals surface area contributed by atoms with Crippen molar-refractivity contribution in [1.82, 2.24) is 33.9 Å². The molecule has 5 aliphatic rings. The average molecular weight is 986 g/mol. The van der Waals surface area contributed by atoms with E-state index in [1.807, 2.05) is 11.0 Å². The summed E-state index contributed by atoms with van der Waals surface area (Å²) < 4.78 is 76.3. The van der Waals surface area contributed by atoms with E-state index in [2.05, 4.69) is 20.1 Å². The number of aryl methyl sites for hydroxylation is 1. The summed E-state index contributed by atoms with van der Waals surface area (Å²) >= 11 is 0. The zero-order valence-corrected chi connectivity index (χ0v) is 39.3. The average Bonchev–Trinajstić information content (AvgIpc) is 3.89. The molecule has 0 saturated carbocycles. The van der Waals surface area contributed by atoms with Gasteiger partial charge in [0.2, 0.25) is 18.2 Å². The maximum Gasteiger partial charge on any atom is 0.301 e. The first-order valence-corrected chi connectivity index (χ1v) is 25.0. The van der Waals surface area contributed by atoms with Gasteiger partial charge in [-0.05, 0) is 87.4 Å². The molecule has 0 radical (unpaired) electrons. The highest BCUT2D eigenvalue weighted by molar-refractivity contribution is 7.90. The van der Waals surface area contributed by atoms with Gasteiger partial charge in [0.25, 0.3) is 5.56 Å². The number of piperidine rings is 3. The van der Waals surface area contributed by atoms with Crippen LogP contribution in [-0.2, 0) is 31.6 Å². The van der Waals surface area contributed by atoms with Gasteiger partial charge in [-0.15, -0.1) is 0 Å². The number of aliphatic hydroxyl groups excluding tert-OH is 1. The van der Waals surface area contributed by atoms with E-state index in [0.717, 1.165) is 12.5 Å². The van der Waals surface area contributed by atoms with E-state index in [4.69, 9.17) is 9.47 Å². The number of nitriles is 1. The molecule has 2 atom stereocenters. The Balaban J connectivity index is 0.754. The fourth-order valence-electron chi connectivity index (χ4n) is 10.5. The van der Waals surface area contributed by atoms with Crippen LogP contribution in [0.5, 0.6) is 11.5 Å². The lowest BCUT2D eigenvalue weighted by Crippen LogP contribution is -2.54. The molecule has 0 bridgehead atoms. The van der Waals surface area contributed by atoms with Gasteiger partial charge in [0.15, 0.2) is 17.4 Å². The first-order valence-electron chi connectivity index (χ1n) is 23.5. The minimum atomic E-state index is -4.02. The fraction of sp³-hybridized carbons (Fsp3) is 0.489. The number of aromatic nitrogens is 4. The third-order valence-electron chi connectivity index (χ3n) is 14.6. The van der Waals surface area contributed by atoms with Crippen molar-refractivity contribution in [3.05, 3.63) is 76.3 Å². The summed E-state index contributed by atoms with van der Waals surface area (Å²) in [4.78, 5) is 49.1. The Morgan fingerprint density at radius 2 is 1.74 bits per heavy atom. The molecular formula is C47H53F2N11O9S. The van der Waals surface area contributed by atoms with Gasteiger partial charge < -0.3 is 39.7 Å². The smallest absolute Gasteiger partial charge is 0.301 e. The number of fused-ring (bicyclic) bond motifs is 2. The van der Waals surface area contributed by atoms with Crippen LogP contribution >= 0.6 is 0 Å². The van der Waals surface area contributed by atoms with Gasteiger partial charge in [-0.2, -0.15) is 23.1 Å². The van der Waals surface area contributed by atoms with Crippen LogP contribution < -0.4 is 30.1 Å². The van der Waals surface area contributed by atoms with Crippen LogP contribution in [0.2, 0.25) is 0 Å². The number of carbonyl (C=O) groups excluding carboxylic acids is 2. The molecule has 10 rings (SSSR count). The maximum atomic E-state index is 15.8. The molecule has 3 aromatic carbocycles. The minimum absolute atomic E-state index is 0.0305. The van der Waals surface area contributed by atoms with Crippen LogP contribution in [-0.4, -0.2) is 129 Å². The number of amides is 2. The van der Waals surface area contributed by atoms with Crippen LogP contribution in [0.4, 0.5) is 26.0 Å². The quantitative estimate of drug-likeness (QED) is 0.156. The van der Waals surface area contributed by atoms with E-state index in [1.54, 1.807) is 22.7 Å². The van der Waals surface area contributed by atoms with Crippen molar-refractivity contribution in [3.63, 3.8) is 0 Å². The number of aliphatic hydroxyl groups is 2. The Hall–Kier alpha value is -6.45. The topological polar surface area (TPSA) is 241 Å². The van der Waals surface area contributed by atoms with Crippen molar-refractivity contribution in [2.75, 3.05) is 66.9 Å². The van der Waals surface area contributed by atoms with Gasteiger partial charge in [-0.3, -0.25) is 28.4 Å². The van der Waals surface area contributed by atoms with Crippen molar-refractivity contribution in [1.29, 1.82) is 5.26 Å². The van der Waals surface area contributed by atoms with E-state index in [9.17, 15) is 38.3 Å². The van der Waals surface area contributed by atoms with E-state index in [0.29, 0.717) is 99.3 Å². The van der Waals surface area contributed by atoms with E-state index in [1.165, 1.54) is 50.4 Å². The van der Waals surface area contributed by atoms with Gasteiger partial charge in [-0.25, -0.2) is 13.8 Å². The highest BCUT2D eigenvalue weighted by Crippen LogP contribution is 2.42. The SMILES string of the molecule is Cn1nc(N2CCC(=O)NC2O)c2cc(F)c(N3CCC(O)(CC(=O)N4CCC5(CC4)C[C@@H](n4cnc6ccc(Oc7c(F)ccc(NS(=O)(=O)N8CCCCC8)c7C#N)cc6c4=O)CO5)CC3)cc21. The molecule has 7 heterocycles. The molecule has 5 aliphatic heterocycles. The van der Waals surface area contributed by atoms with Crippen LogP contribution in [0.1, 0.15) is 75.8 Å². The zero-order valence-electron chi connectivity index (χ0n) is 38.4. The van der Waals surface area contributed by atoms with E-state index >= 15 is 8.78 Å². The number of rotatable bonds is 10. The van der Waals surface area contributed by atoms with E-state index in [-0.39, 0.29) is 79.1 Å². The van der Waals surface area contributed by atoms with Gasteiger partial charge in [0.05, 0.1) is 64.4 Å². The normalized spacial score (nSPS) is 21.8. The number of benzene rings is 3.